The normalized spacial score (nSPS) is 23.2. The molecule has 9 nitrogen and oxygen atoms in total. The second-order valence-corrected chi connectivity index (χ2v) is 8.89. The number of halogens is 2. The van der Waals surface area contributed by atoms with Crippen molar-refractivity contribution < 1.29 is 28.1 Å². The highest BCUT2D eigenvalue weighted by Gasteiger charge is 2.58. The van der Waals surface area contributed by atoms with Crippen molar-refractivity contribution >= 4 is 17.6 Å². The molecule has 11 heteroatoms. The van der Waals surface area contributed by atoms with Crippen molar-refractivity contribution in [3.05, 3.63) is 105 Å². The lowest BCUT2D eigenvalue weighted by Crippen LogP contribution is -2.51. The molecule has 0 radical (unpaired) electrons. The highest BCUT2D eigenvalue weighted by Crippen LogP contribution is 2.42. The minimum Gasteiger partial charge on any atom is -0.455 e. The van der Waals surface area contributed by atoms with Gasteiger partial charge in [0.25, 0.3) is 5.56 Å². The second-order valence-electron chi connectivity index (χ2n) is 8.62. The number of benzene rings is 2. The molecule has 1 aliphatic heterocycles. The van der Waals surface area contributed by atoms with Gasteiger partial charge in [-0.1, -0.05) is 60.7 Å². The monoisotopic (exact) mass is 532 g/mol. The van der Waals surface area contributed by atoms with Crippen LogP contribution < -0.4 is 11.2 Å². The summed E-state index contributed by atoms with van der Waals surface area (Å²) in [7, 11) is 0. The zero-order valence-electron chi connectivity index (χ0n) is 20.0. The Balaban J connectivity index is 1.70. The average molecular weight is 533 g/mol. The van der Waals surface area contributed by atoms with E-state index in [9.17, 15) is 18.8 Å². The topological polar surface area (TPSA) is 109 Å². The van der Waals surface area contributed by atoms with Crippen LogP contribution in [0.15, 0.2) is 76.4 Å². The smallest absolute Gasteiger partial charge is 0.330 e. The summed E-state index contributed by atoms with van der Waals surface area (Å²) in [6.07, 6.45) is -2.89. The standard InChI is InChI=1S/C26H26ClFN2O7/c1-17(31)36-21-22(35-14-19-10-6-3-7-11-19)26(15-27,16-34-13-18-8-4-2-5-9-18)37-24(21)30-12-20(28)23(32)29-25(30)33/h2-12,21-22,24H,13-16H2,1H3,(H,29,32,33)/t21-,22+,24-,26-/m1/s1. The van der Waals surface area contributed by atoms with Gasteiger partial charge in [0.15, 0.2) is 12.3 Å². The predicted octanol–water partition coefficient (Wildman–Crippen LogP) is 2.92. The minimum absolute atomic E-state index is 0.0975. The molecule has 0 amide bonds. The Morgan fingerprint density at radius 3 is 2.30 bits per heavy atom. The fourth-order valence-electron chi connectivity index (χ4n) is 4.19. The van der Waals surface area contributed by atoms with E-state index in [0.717, 1.165) is 15.7 Å². The lowest BCUT2D eigenvalue weighted by Gasteiger charge is -2.33. The van der Waals surface area contributed by atoms with Crippen molar-refractivity contribution in [1.29, 1.82) is 0 Å². The first-order valence-electron chi connectivity index (χ1n) is 11.5. The van der Waals surface area contributed by atoms with Crippen LogP contribution in [-0.2, 0) is 37.0 Å². The summed E-state index contributed by atoms with van der Waals surface area (Å²) < 4.78 is 38.9. The number of carbonyl (C=O) groups is 1. The molecule has 37 heavy (non-hydrogen) atoms. The molecule has 4 atom stereocenters. The highest BCUT2D eigenvalue weighted by molar-refractivity contribution is 6.18. The van der Waals surface area contributed by atoms with Crippen LogP contribution in [0.2, 0.25) is 0 Å². The minimum atomic E-state index is -1.40. The molecule has 1 fully saturated rings. The van der Waals surface area contributed by atoms with Crippen LogP contribution in [-0.4, -0.2) is 45.8 Å². The van der Waals surface area contributed by atoms with Crippen LogP contribution >= 0.6 is 11.6 Å². The van der Waals surface area contributed by atoms with E-state index in [2.05, 4.69) is 0 Å². The Labute approximate surface area is 216 Å². The fourth-order valence-corrected chi connectivity index (χ4v) is 4.48. The van der Waals surface area contributed by atoms with Gasteiger partial charge in [0.05, 0.1) is 31.9 Å². The summed E-state index contributed by atoms with van der Waals surface area (Å²) >= 11 is 6.43. The summed E-state index contributed by atoms with van der Waals surface area (Å²) in [5.41, 5.74) is -1.81. The number of aromatic nitrogens is 2. The second kappa shape index (κ2) is 11.8. The molecule has 0 aliphatic carbocycles. The van der Waals surface area contributed by atoms with Crippen LogP contribution in [0, 0.1) is 5.82 Å². The molecule has 196 valence electrons. The quantitative estimate of drug-likeness (QED) is 0.316. The Bertz CT molecular complexity index is 1320. The molecule has 1 aliphatic rings. The third kappa shape index (κ3) is 6.16. The van der Waals surface area contributed by atoms with Crippen LogP contribution in [0.5, 0.6) is 0 Å². The summed E-state index contributed by atoms with van der Waals surface area (Å²) in [5.74, 6) is -2.06. The van der Waals surface area contributed by atoms with Gasteiger partial charge in [-0.05, 0) is 11.1 Å². The number of esters is 1. The molecular weight excluding hydrogens is 507 g/mol. The van der Waals surface area contributed by atoms with Crippen molar-refractivity contribution in [3.8, 4) is 0 Å². The molecular formula is C26H26ClFN2O7. The maximum absolute atomic E-state index is 14.2. The third-order valence-corrected chi connectivity index (χ3v) is 6.36. The molecule has 0 bridgehead atoms. The summed E-state index contributed by atoms with van der Waals surface area (Å²) in [4.78, 5) is 38.2. The Hall–Kier alpha value is -3.31. The van der Waals surface area contributed by atoms with E-state index in [1.54, 1.807) is 0 Å². The van der Waals surface area contributed by atoms with Gasteiger partial charge in [-0.15, -0.1) is 11.6 Å². The zero-order chi connectivity index (χ0) is 26.4. The molecule has 0 spiro atoms. The average Bonchev–Trinajstić information content (AvgIpc) is 3.18. The molecule has 0 saturated carbocycles. The van der Waals surface area contributed by atoms with Gasteiger partial charge in [0.2, 0.25) is 5.82 Å². The van der Waals surface area contributed by atoms with Crippen LogP contribution in [0.25, 0.3) is 0 Å². The van der Waals surface area contributed by atoms with E-state index in [4.69, 9.17) is 30.5 Å². The number of nitrogens with one attached hydrogen (secondary N) is 1. The molecule has 2 aromatic carbocycles. The summed E-state index contributed by atoms with van der Waals surface area (Å²) in [5, 5.41) is 0. The van der Waals surface area contributed by atoms with E-state index < -0.39 is 47.1 Å². The Morgan fingerprint density at radius 2 is 1.70 bits per heavy atom. The molecule has 1 aromatic heterocycles. The third-order valence-electron chi connectivity index (χ3n) is 5.91. The van der Waals surface area contributed by atoms with E-state index in [1.165, 1.54) is 6.92 Å². The van der Waals surface area contributed by atoms with Gasteiger partial charge in [0.1, 0.15) is 11.7 Å². The number of nitrogens with zero attached hydrogens (tertiary/aromatic N) is 1. The van der Waals surface area contributed by atoms with Crippen molar-refractivity contribution in [1.82, 2.24) is 9.55 Å². The Kier molecular flexibility index (Phi) is 8.55. The van der Waals surface area contributed by atoms with E-state index >= 15 is 0 Å². The van der Waals surface area contributed by atoms with Gasteiger partial charge in [-0.2, -0.15) is 4.39 Å². The number of aromatic amines is 1. The van der Waals surface area contributed by atoms with Crippen molar-refractivity contribution in [2.75, 3.05) is 12.5 Å². The molecule has 1 N–H and O–H groups in total. The molecule has 2 heterocycles. The summed E-state index contributed by atoms with van der Waals surface area (Å²) in [6, 6.07) is 18.7. The van der Waals surface area contributed by atoms with E-state index in [0.29, 0.717) is 6.20 Å². The van der Waals surface area contributed by atoms with Crippen molar-refractivity contribution in [2.45, 2.75) is 44.2 Å². The first-order valence-corrected chi connectivity index (χ1v) is 12.1. The Morgan fingerprint density at radius 1 is 1.08 bits per heavy atom. The predicted molar refractivity (Wildman–Crippen MR) is 132 cm³/mol. The number of alkyl halides is 1. The molecule has 3 aromatic rings. The first-order chi connectivity index (χ1) is 17.8. The maximum atomic E-state index is 14.2. The van der Waals surface area contributed by atoms with Gasteiger partial charge in [0, 0.05) is 6.92 Å². The van der Waals surface area contributed by atoms with E-state index in [-0.39, 0.29) is 25.7 Å². The molecule has 0 unspecified atom stereocenters. The van der Waals surface area contributed by atoms with Gasteiger partial charge in [-0.25, -0.2) is 4.79 Å². The highest BCUT2D eigenvalue weighted by atomic mass is 35.5. The maximum Gasteiger partial charge on any atom is 0.330 e. The number of carbonyl (C=O) groups excluding carboxylic acids is 1. The van der Waals surface area contributed by atoms with Crippen molar-refractivity contribution in [2.24, 2.45) is 0 Å². The largest absolute Gasteiger partial charge is 0.455 e. The summed E-state index contributed by atoms with van der Waals surface area (Å²) in [6.45, 7) is 1.42. The van der Waals surface area contributed by atoms with Gasteiger partial charge in [-0.3, -0.25) is 19.1 Å². The number of hydrogen-bond donors (Lipinski definition) is 1. The molecule has 1 saturated heterocycles. The lowest BCUT2D eigenvalue weighted by molar-refractivity contribution is -0.158. The van der Waals surface area contributed by atoms with E-state index in [1.807, 2.05) is 65.6 Å². The van der Waals surface area contributed by atoms with Gasteiger partial charge >= 0.3 is 11.7 Å². The fraction of sp³-hybridized carbons (Fsp3) is 0.346. The van der Waals surface area contributed by atoms with Crippen LogP contribution in [0.3, 0.4) is 0 Å². The number of hydrogen-bond acceptors (Lipinski definition) is 7. The van der Waals surface area contributed by atoms with Crippen LogP contribution in [0.1, 0.15) is 24.3 Å². The number of rotatable bonds is 10. The SMILES string of the molecule is CC(=O)O[C@H]1[C@H](n2cc(F)c(=O)[nH]c2=O)O[C@](CCl)(COCc2ccccc2)[C@H]1OCc1ccccc1. The first kappa shape index (κ1) is 26.7. The van der Waals surface area contributed by atoms with Crippen molar-refractivity contribution in [3.63, 3.8) is 0 Å². The molecule has 4 rings (SSSR count). The van der Waals surface area contributed by atoms with Crippen LogP contribution in [0.4, 0.5) is 4.39 Å². The zero-order valence-corrected chi connectivity index (χ0v) is 20.7. The lowest BCUT2D eigenvalue weighted by atomic mass is 9.97. The van der Waals surface area contributed by atoms with Gasteiger partial charge < -0.3 is 18.9 Å². The number of H-pyrrole nitrogens is 1. The number of ether oxygens (including phenoxy) is 4.